The zero-order valence-electron chi connectivity index (χ0n) is 19.7. The van der Waals surface area contributed by atoms with Gasteiger partial charge < -0.3 is 9.84 Å². The van der Waals surface area contributed by atoms with Crippen molar-refractivity contribution in [2.45, 2.75) is 19.6 Å². The number of nitrogens with one attached hydrogen (secondary N) is 1. The third kappa shape index (κ3) is 4.65. The van der Waals surface area contributed by atoms with Gasteiger partial charge in [0.25, 0.3) is 5.78 Å². The van der Waals surface area contributed by atoms with Crippen molar-refractivity contribution >= 4 is 5.78 Å². The number of aromatic nitrogens is 8. The number of rotatable bonds is 8. The number of nitrogens with zero attached hydrogens (tertiary/aromatic N) is 7. The van der Waals surface area contributed by atoms with E-state index in [-0.39, 0.29) is 12.5 Å². The molecule has 0 saturated carbocycles. The van der Waals surface area contributed by atoms with E-state index in [1.807, 2.05) is 78.9 Å². The molecule has 0 radical (unpaired) electrons. The van der Waals surface area contributed by atoms with Crippen molar-refractivity contribution in [2.75, 3.05) is 0 Å². The molecule has 10 nitrogen and oxygen atoms in total. The smallest absolute Gasteiger partial charge is 0.255 e. The van der Waals surface area contributed by atoms with E-state index < -0.39 is 0 Å². The Morgan fingerprint density at radius 2 is 1.62 bits per heavy atom. The molecule has 182 valence electrons. The molecule has 3 aromatic carbocycles. The fourth-order valence-corrected chi connectivity index (χ4v) is 4.31. The molecule has 0 saturated heterocycles. The van der Waals surface area contributed by atoms with Crippen LogP contribution in [0, 0.1) is 0 Å². The minimum absolute atomic E-state index is 0.0777. The Kier molecular flexibility index (Phi) is 6.05. The normalized spacial score (nSPS) is 11.2. The molecule has 3 aromatic heterocycles. The van der Waals surface area contributed by atoms with Gasteiger partial charge in [0.2, 0.25) is 5.88 Å². The summed E-state index contributed by atoms with van der Waals surface area (Å²) in [6.45, 7) is 0.686. The Bertz CT molecular complexity index is 1630. The van der Waals surface area contributed by atoms with Crippen LogP contribution < -0.4 is 0 Å². The summed E-state index contributed by atoms with van der Waals surface area (Å²) in [5, 5.41) is 29.4. The van der Waals surface area contributed by atoms with Gasteiger partial charge in [0.15, 0.2) is 5.82 Å². The van der Waals surface area contributed by atoms with Gasteiger partial charge in [-0.3, -0.25) is 0 Å². The van der Waals surface area contributed by atoms with Crippen LogP contribution in [0.25, 0.3) is 28.3 Å². The van der Waals surface area contributed by atoms with Crippen LogP contribution in [0.2, 0.25) is 0 Å². The first-order valence-electron chi connectivity index (χ1n) is 11.7. The SMILES string of the molecule is Oc1nc2ncnn2c(COCc2ccccc2)c1Cc1ccc(-c2ccccc2-c2nnn[nH]2)cc1. The predicted octanol–water partition coefficient (Wildman–Crippen LogP) is 3.98. The highest BCUT2D eigenvalue weighted by Crippen LogP contribution is 2.31. The largest absolute Gasteiger partial charge is 0.493 e. The fourth-order valence-electron chi connectivity index (χ4n) is 4.31. The summed E-state index contributed by atoms with van der Waals surface area (Å²) in [5.41, 5.74) is 6.37. The number of fused-ring (bicyclic) bond motifs is 1. The Hall–Kier alpha value is -4.96. The summed E-state index contributed by atoms with van der Waals surface area (Å²) in [6, 6.07) is 26.0. The molecule has 0 bridgehead atoms. The Balaban J connectivity index is 1.28. The second-order valence-corrected chi connectivity index (χ2v) is 8.48. The van der Waals surface area contributed by atoms with Crippen LogP contribution in [0.3, 0.4) is 0 Å². The highest BCUT2D eigenvalue weighted by molar-refractivity contribution is 5.80. The minimum atomic E-state index is -0.0777. The van der Waals surface area contributed by atoms with Gasteiger partial charge in [-0.25, -0.2) is 5.10 Å². The van der Waals surface area contributed by atoms with Crippen LogP contribution in [0.1, 0.15) is 22.4 Å². The number of hydrogen-bond acceptors (Lipinski definition) is 8. The molecule has 0 unspecified atom stereocenters. The van der Waals surface area contributed by atoms with Gasteiger partial charge in [-0.2, -0.15) is 19.6 Å². The van der Waals surface area contributed by atoms with E-state index in [0.717, 1.165) is 27.8 Å². The molecular weight excluding hydrogens is 468 g/mol. The van der Waals surface area contributed by atoms with Crippen molar-refractivity contribution in [3.8, 4) is 28.4 Å². The van der Waals surface area contributed by atoms with Crippen LogP contribution in [-0.4, -0.2) is 45.3 Å². The molecule has 0 aliphatic carbocycles. The van der Waals surface area contributed by atoms with Crippen molar-refractivity contribution in [3.05, 3.63) is 108 Å². The molecule has 0 amide bonds. The lowest BCUT2D eigenvalue weighted by Gasteiger charge is -2.14. The van der Waals surface area contributed by atoms with Crippen molar-refractivity contribution < 1.29 is 9.84 Å². The highest BCUT2D eigenvalue weighted by atomic mass is 16.5. The molecule has 0 aliphatic heterocycles. The first kappa shape index (κ1) is 22.5. The van der Waals surface area contributed by atoms with Crippen LogP contribution in [0.15, 0.2) is 85.2 Å². The van der Waals surface area contributed by atoms with Crippen molar-refractivity contribution in [1.29, 1.82) is 0 Å². The van der Waals surface area contributed by atoms with E-state index in [1.54, 1.807) is 4.52 Å². The molecule has 37 heavy (non-hydrogen) atoms. The average Bonchev–Trinajstić information content (AvgIpc) is 3.64. The molecule has 0 atom stereocenters. The van der Waals surface area contributed by atoms with Crippen LogP contribution in [0.4, 0.5) is 0 Å². The lowest BCUT2D eigenvalue weighted by molar-refractivity contribution is 0.102. The van der Waals surface area contributed by atoms with Crippen molar-refractivity contribution in [2.24, 2.45) is 0 Å². The van der Waals surface area contributed by atoms with E-state index in [4.69, 9.17) is 4.74 Å². The first-order chi connectivity index (χ1) is 18.3. The average molecular weight is 491 g/mol. The van der Waals surface area contributed by atoms with Gasteiger partial charge in [-0.1, -0.05) is 78.9 Å². The summed E-state index contributed by atoms with van der Waals surface area (Å²) >= 11 is 0. The van der Waals surface area contributed by atoms with E-state index in [2.05, 4.69) is 35.7 Å². The lowest BCUT2D eigenvalue weighted by atomic mass is 9.96. The molecular formula is C27H22N8O2. The number of H-pyrrole nitrogens is 1. The molecule has 6 rings (SSSR count). The zero-order valence-corrected chi connectivity index (χ0v) is 19.7. The summed E-state index contributed by atoms with van der Waals surface area (Å²) in [6.07, 6.45) is 1.87. The zero-order chi connectivity index (χ0) is 25.0. The third-order valence-electron chi connectivity index (χ3n) is 6.13. The number of benzene rings is 3. The Labute approximate surface area is 211 Å². The molecule has 2 N–H and O–H groups in total. The number of aromatic hydroxyl groups is 1. The molecule has 0 fully saturated rings. The van der Waals surface area contributed by atoms with Gasteiger partial charge in [0.05, 0.1) is 18.9 Å². The van der Waals surface area contributed by atoms with Gasteiger partial charge >= 0.3 is 0 Å². The van der Waals surface area contributed by atoms with Crippen LogP contribution >= 0.6 is 0 Å². The van der Waals surface area contributed by atoms with Gasteiger partial charge in [0, 0.05) is 17.5 Å². The molecule has 0 spiro atoms. The number of aromatic amines is 1. The second kappa shape index (κ2) is 9.96. The quantitative estimate of drug-likeness (QED) is 0.328. The fraction of sp³-hybridized carbons (Fsp3) is 0.111. The summed E-state index contributed by atoms with van der Waals surface area (Å²) < 4.78 is 7.62. The summed E-state index contributed by atoms with van der Waals surface area (Å²) in [7, 11) is 0. The van der Waals surface area contributed by atoms with Crippen LogP contribution in [0.5, 0.6) is 5.88 Å². The number of tetrazole rings is 1. The standard InChI is InChI=1S/C27H22N8O2/c36-26-23(24(35-27(30-26)28-17-29-35)16-37-15-19-6-2-1-3-7-19)14-18-10-12-20(13-11-18)21-8-4-5-9-22(21)25-31-33-34-32-25/h1-13,17H,14-16H2,(H,28,29,30,36)(H,31,32,33,34). The lowest BCUT2D eigenvalue weighted by Crippen LogP contribution is -2.09. The van der Waals surface area contributed by atoms with E-state index in [0.29, 0.717) is 35.9 Å². The third-order valence-corrected chi connectivity index (χ3v) is 6.13. The Morgan fingerprint density at radius 1 is 0.838 bits per heavy atom. The number of ether oxygens (including phenoxy) is 1. The molecule has 3 heterocycles. The monoisotopic (exact) mass is 490 g/mol. The minimum Gasteiger partial charge on any atom is -0.493 e. The molecule has 10 heteroatoms. The van der Waals surface area contributed by atoms with Crippen molar-refractivity contribution in [1.82, 2.24) is 40.2 Å². The summed E-state index contributed by atoms with van der Waals surface area (Å²) in [5.74, 6) is 0.858. The second-order valence-electron chi connectivity index (χ2n) is 8.48. The van der Waals surface area contributed by atoms with Gasteiger partial charge in [0.1, 0.15) is 6.33 Å². The summed E-state index contributed by atoms with van der Waals surface area (Å²) in [4.78, 5) is 8.37. The van der Waals surface area contributed by atoms with E-state index in [9.17, 15) is 5.11 Å². The van der Waals surface area contributed by atoms with Crippen LogP contribution in [-0.2, 0) is 24.4 Å². The van der Waals surface area contributed by atoms with E-state index in [1.165, 1.54) is 6.33 Å². The molecule has 0 aliphatic rings. The topological polar surface area (TPSA) is 127 Å². The van der Waals surface area contributed by atoms with Gasteiger partial charge in [-0.15, -0.1) is 5.10 Å². The Morgan fingerprint density at radius 3 is 2.41 bits per heavy atom. The highest BCUT2D eigenvalue weighted by Gasteiger charge is 2.18. The first-order valence-corrected chi connectivity index (χ1v) is 11.7. The maximum atomic E-state index is 10.8. The van der Waals surface area contributed by atoms with E-state index >= 15 is 0 Å². The van der Waals surface area contributed by atoms with Gasteiger partial charge in [-0.05, 0) is 32.7 Å². The maximum Gasteiger partial charge on any atom is 0.255 e. The maximum absolute atomic E-state index is 10.8. The van der Waals surface area contributed by atoms with Crippen molar-refractivity contribution in [3.63, 3.8) is 0 Å². The number of hydrogen-bond donors (Lipinski definition) is 2. The predicted molar refractivity (Wildman–Crippen MR) is 135 cm³/mol. The molecule has 6 aromatic rings.